The third kappa shape index (κ3) is 5.47. The predicted molar refractivity (Wildman–Crippen MR) is 208 cm³/mol. The van der Waals surface area contributed by atoms with Crippen molar-refractivity contribution in [1.82, 2.24) is 25.1 Å². The number of fused-ring (bicyclic) bond motifs is 3. The van der Waals surface area contributed by atoms with Crippen LogP contribution in [0.4, 0.5) is 0 Å². The number of ether oxygens (including phenoxy) is 2. The molecule has 2 aromatic rings. The van der Waals surface area contributed by atoms with Crippen molar-refractivity contribution in [2.75, 3.05) is 26.9 Å². The molecule has 1 saturated heterocycles. The van der Waals surface area contributed by atoms with E-state index < -0.39 is 11.9 Å². The minimum Gasteiger partial charge on any atom is -0.481 e. The Balaban J connectivity index is 1.35. The van der Waals surface area contributed by atoms with E-state index in [1.165, 1.54) is 5.57 Å². The summed E-state index contributed by atoms with van der Waals surface area (Å²) < 4.78 is 16.3. The maximum Gasteiger partial charge on any atom is 0.307 e. The van der Waals surface area contributed by atoms with Gasteiger partial charge in [0.2, 0.25) is 0 Å². The normalized spacial score (nSPS) is 40.1. The molecule has 3 heterocycles. The van der Waals surface area contributed by atoms with Crippen LogP contribution in [0.1, 0.15) is 120 Å². The van der Waals surface area contributed by atoms with Gasteiger partial charge in [0, 0.05) is 34.3 Å². The predicted octanol–water partition coefficient (Wildman–Crippen LogP) is 8.63. The molecule has 0 radical (unpaired) electrons. The standard InChI is InChI=1S/C44H67N5O4/c1-11-43(12-2,45-10)25-53-36-33(49-37(47-27-48-49)30-16-21-46-22-17-30)23-44-26-52-24-40(36,7)34(44)14-13-31-32(44)15-18-42(9)35(38(50)51)39(6,29(5)28(3)4)19-20-41(31,42)8/h15-17,21-22,27-29,31,33-36,45H,11-14,18-20,23-26H2,1-10H3,(H,50,51)/t29-,31+,33-,34+,35-,36+,39-,40-,41-,42+,44+/m1/s1. The topological polar surface area (TPSA) is 111 Å². The fraction of sp³-hybridized carbons (Fsp3) is 0.773. The minimum absolute atomic E-state index is 0.0665. The zero-order chi connectivity index (χ0) is 38.2. The van der Waals surface area contributed by atoms with E-state index in [2.05, 4.69) is 90.4 Å². The lowest BCUT2D eigenvalue weighted by Crippen LogP contribution is -2.69. The van der Waals surface area contributed by atoms with Gasteiger partial charge in [0.05, 0.1) is 37.9 Å². The van der Waals surface area contributed by atoms with Gasteiger partial charge in [-0.15, -0.1) is 0 Å². The van der Waals surface area contributed by atoms with Crippen LogP contribution in [0, 0.1) is 56.7 Å². The van der Waals surface area contributed by atoms with Crippen LogP contribution in [0.2, 0.25) is 0 Å². The van der Waals surface area contributed by atoms with E-state index in [4.69, 9.17) is 19.6 Å². The Bertz CT molecular complexity index is 1680. The molecule has 2 aromatic heterocycles. The monoisotopic (exact) mass is 730 g/mol. The number of carbonyl (C=O) groups is 1. The molecule has 0 unspecified atom stereocenters. The molecule has 11 atom stereocenters. The summed E-state index contributed by atoms with van der Waals surface area (Å²) in [5.41, 5.74) is 1.18. The summed E-state index contributed by atoms with van der Waals surface area (Å²) in [5, 5.41) is 19.8. The molecule has 0 spiro atoms. The molecule has 1 aliphatic heterocycles. The van der Waals surface area contributed by atoms with Crippen LogP contribution in [-0.2, 0) is 14.3 Å². The molecule has 0 aromatic carbocycles. The quantitative estimate of drug-likeness (QED) is 0.221. The summed E-state index contributed by atoms with van der Waals surface area (Å²) in [5.74, 6) is 1.23. The van der Waals surface area contributed by atoms with Crippen LogP contribution in [0.15, 0.2) is 42.5 Å². The van der Waals surface area contributed by atoms with E-state index in [1.54, 1.807) is 6.33 Å². The lowest BCUT2D eigenvalue weighted by molar-refractivity contribution is -0.252. The van der Waals surface area contributed by atoms with Crippen molar-refractivity contribution in [3.63, 3.8) is 0 Å². The lowest BCUT2D eigenvalue weighted by Gasteiger charge is -2.71. The molecule has 2 N–H and O–H groups in total. The van der Waals surface area contributed by atoms with Gasteiger partial charge in [-0.25, -0.2) is 9.67 Å². The van der Waals surface area contributed by atoms with Crippen molar-refractivity contribution in [2.24, 2.45) is 56.7 Å². The summed E-state index contributed by atoms with van der Waals surface area (Å²) in [7, 11) is 2.06. The largest absolute Gasteiger partial charge is 0.481 e. The molecule has 5 aliphatic rings. The van der Waals surface area contributed by atoms with E-state index in [9.17, 15) is 9.90 Å². The number of nitrogens with zero attached hydrogens (tertiary/aromatic N) is 4. The Morgan fingerprint density at radius 3 is 2.43 bits per heavy atom. The van der Waals surface area contributed by atoms with Gasteiger partial charge in [-0.3, -0.25) is 9.78 Å². The highest BCUT2D eigenvalue weighted by atomic mass is 16.5. The SMILES string of the molecule is CCC(CC)(CO[C@H]1[C@H](n2ncnc2-c2ccncc2)C[C@@]23COC[C@]1(C)[C@@H]2CC[C@H]1C3=CC[C@@]2(C)[C@H](C(=O)O)[C@@](C)([C@H](C)C(C)C)CC[C@]12C)NC. The third-order valence-corrected chi connectivity index (χ3v) is 17.3. The van der Waals surface area contributed by atoms with Crippen LogP contribution in [0.25, 0.3) is 11.4 Å². The molecule has 292 valence electrons. The number of hydrogen-bond acceptors (Lipinski definition) is 7. The first-order valence-corrected chi connectivity index (χ1v) is 20.7. The first-order chi connectivity index (χ1) is 25.1. The Hall–Kier alpha value is -2.62. The van der Waals surface area contributed by atoms with Crippen molar-refractivity contribution in [1.29, 1.82) is 0 Å². The van der Waals surface area contributed by atoms with Gasteiger partial charge < -0.3 is 19.9 Å². The molecular weight excluding hydrogens is 663 g/mol. The number of carboxylic acids is 1. The number of rotatable bonds is 11. The lowest BCUT2D eigenvalue weighted by atomic mass is 9.34. The number of nitrogens with one attached hydrogen (secondary N) is 1. The first-order valence-electron chi connectivity index (χ1n) is 20.7. The highest BCUT2D eigenvalue weighted by Crippen LogP contribution is 2.75. The van der Waals surface area contributed by atoms with Gasteiger partial charge in [0.15, 0.2) is 5.82 Å². The molecule has 0 amide bonds. The van der Waals surface area contributed by atoms with Crippen LogP contribution in [0.5, 0.6) is 0 Å². The summed E-state index contributed by atoms with van der Waals surface area (Å²) in [6.07, 6.45) is 15.5. The average Bonchev–Trinajstić information content (AvgIpc) is 3.63. The van der Waals surface area contributed by atoms with E-state index in [1.807, 2.05) is 24.5 Å². The van der Waals surface area contributed by atoms with E-state index in [0.29, 0.717) is 43.5 Å². The highest BCUT2D eigenvalue weighted by molar-refractivity contribution is 5.73. The van der Waals surface area contributed by atoms with E-state index in [-0.39, 0.29) is 44.8 Å². The molecule has 4 fully saturated rings. The molecule has 9 heteroatoms. The summed E-state index contributed by atoms with van der Waals surface area (Å²) in [6, 6.07) is 3.97. The van der Waals surface area contributed by atoms with Gasteiger partial charge in [0.1, 0.15) is 6.33 Å². The fourth-order valence-corrected chi connectivity index (χ4v) is 13.5. The van der Waals surface area contributed by atoms with Gasteiger partial charge in [-0.2, -0.15) is 5.10 Å². The zero-order valence-corrected chi connectivity index (χ0v) is 34.2. The molecule has 9 nitrogen and oxygen atoms in total. The molecule has 3 saturated carbocycles. The fourth-order valence-electron chi connectivity index (χ4n) is 13.5. The third-order valence-electron chi connectivity index (χ3n) is 17.3. The summed E-state index contributed by atoms with van der Waals surface area (Å²) in [6.45, 7) is 22.8. The van der Waals surface area contributed by atoms with Gasteiger partial charge in [0.25, 0.3) is 0 Å². The van der Waals surface area contributed by atoms with Crippen molar-refractivity contribution in [2.45, 2.75) is 131 Å². The Labute approximate surface area is 318 Å². The van der Waals surface area contributed by atoms with Crippen molar-refractivity contribution >= 4 is 5.97 Å². The highest BCUT2D eigenvalue weighted by Gasteiger charge is 2.72. The average molecular weight is 730 g/mol. The van der Waals surface area contributed by atoms with Crippen LogP contribution < -0.4 is 5.32 Å². The first kappa shape index (κ1) is 38.6. The maximum absolute atomic E-state index is 13.6. The Morgan fingerprint density at radius 1 is 1.08 bits per heavy atom. The molecule has 53 heavy (non-hydrogen) atoms. The number of aromatic nitrogens is 4. The molecule has 4 aliphatic carbocycles. The number of allylic oxidation sites excluding steroid dienone is 1. The summed E-state index contributed by atoms with van der Waals surface area (Å²) in [4.78, 5) is 22.7. The Morgan fingerprint density at radius 2 is 1.79 bits per heavy atom. The van der Waals surface area contributed by atoms with Gasteiger partial charge in [-0.1, -0.05) is 74.0 Å². The number of carboxylic acid groups (broad SMARTS) is 1. The molecular formula is C44H67N5O4. The zero-order valence-electron chi connectivity index (χ0n) is 34.2. The maximum atomic E-state index is 13.6. The van der Waals surface area contributed by atoms with E-state index in [0.717, 1.165) is 62.8 Å². The second-order valence-corrected chi connectivity index (χ2v) is 19.4. The Kier molecular flexibility index (Phi) is 9.88. The van der Waals surface area contributed by atoms with Crippen LogP contribution in [0.3, 0.4) is 0 Å². The number of hydrogen-bond donors (Lipinski definition) is 2. The second kappa shape index (κ2) is 13.5. The summed E-state index contributed by atoms with van der Waals surface area (Å²) >= 11 is 0. The van der Waals surface area contributed by atoms with Crippen LogP contribution >= 0.6 is 0 Å². The number of pyridine rings is 1. The van der Waals surface area contributed by atoms with E-state index >= 15 is 0 Å². The number of likely N-dealkylation sites (N-methyl/N-ethyl adjacent to an activating group) is 1. The smallest absolute Gasteiger partial charge is 0.307 e. The molecule has 2 bridgehead atoms. The van der Waals surface area contributed by atoms with Crippen molar-refractivity contribution in [3.8, 4) is 11.4 Å². The molecule has 7 rings (SSSR count). The number of aliphatic carboxylic acids is 1. The van der Waals surface area contributed by atoms with Crippen molar-refractivity contribution in [3.05, 3.63) is 42.5 Å². The van der Waals surface area contributed by atoms with Crippen molar-refractivity contribution < 1.29 is 19.4 Å². The van der Waals surface area contributed by atoms with Crippen LogP contribution in [-0.4, -0.2) is 69.3 Å². The van der Waals surface area contributed by atoms with Gasteiger partial charge in [-0.05, 0) is 110 Å². The second-order valence-electron chi connectivity index (χ2n) is 19.4. The minimum atomic E-state index is -0.616. The van der Waals surface area contributed by atoms with Gasteiger partial charge >= 0.3 is 5.97 Å².